The van der Waals surface area contributed by atoms with Gasteiger partial charge < -0.3 is 9.84 Å². The topological polar surface area (TPSA) is 49.8 Å². The molecule has 0 bridgehead atoms. The molecule has 2 saturated carbocycles. The number of allylic oxidation sites excluding steroid dienone is 4. The van der Waals surface area contributed by atoms with Crippen LogP contribution in [0.3, 0.4) is 0 Å². The molecule has 1 aliphatic heterocycles. The Hall–Kier alpha value is -2.19. The molecule has 0 amide bonds. The second-order valence-electron chi connectivity index (χ2n) is 11.9. The molecule has 1 aromatic carbocycles. The van der Waals surface area contributed by atoms with Gasteiger partial charge in [-0.2, -0.15) is 0 Å². The van der Waals surface area contributed by atoms with Crippen LogP contribution in [0.1, 0.15) is 75.8 Å². The van der Waals surface area contributed by atoms with Crippen molar-refractivity contribution in [2.24, 2.45) is 17.3 Å². The van der Waals surface area contributed by atoms with E-state index in [1.807, 2.05) is 13.0 Å². The highest BCUT2D eigenvalue weighted by atomic mass is 16.5. The number of morpholine rings is 1. The number of rotatable bonds is 3. The second-order valence-corrected chi connectivity index (χ2v) is 11.9. The molecule has 3 fully saturated rings. The standard InChI is InChI=1S/C32H39NO3/c1-3-13-32(35)14-12-29-27-10-8-24-19-25(34)9-11-26(24)30(27)28(20-31(29,32)2)23-6-4-22(5-7-23)21-33-15-17-36-18-16-33/h4-7,19,27-29,35H,8-12,14-18,20-21H2,1-2H3/t27-,28+,29?,31-,32-/m0/s1. The minimum absolute atomic E-state index is 0.229. The molecule has 0 radical (unpaired) electrons. The van der Waals surface area contributed by atoms with Gasteiger partial charge in [0.05, 0.1) is 13.2 Å². The lowest BCUT2D eigenvalue weighted by molar-refractivity contribution is -0.114. The van der Waals surface area contributed by atoms with E-state index in [1.165, 1.54) is 22.3 Å². The predicted octanol–water partition coefficient (Wildman–Crippen LogP) is 5.17. The van der Waals surface area contributed by atoms with Crippen LogP contribution in [0.4, 0.5) is 0 Å². The third-order valence-electron chi connectivity index (χ3n) is 10.1. The van der Waals surface area contributed by atoms with Crippen LogP contribution >= 0.6 is 0 Å². The Balaban J connectivity index is 1.40. The molecule has 4 nitrogen and oxygen atoms in total. The number of aliphatic hydroxyl groups is 1. The molecule has 4 aliphatic carbocycles. The number of carbonyl (C=O) groups excluding carboxylic acids is 1. The number of nitrogens with zero attached hydrogens (tertiary/aromatic N) is 1. The van der Waals surface area contributed by atoms with Gasteiger partial charge in [0.2, 0.25) is 0 Å². The molecule has 5 aliphatic rings. The molecule has 6 rings (SSSR count). The van der Waals surface area contributed by atoms with Crippen LogP contribution in [0.15, 0.2) is 47.1 Å². The van der Waals surface area contributed by atoms with E-state index < -0.39 is 5.60 Å². The quantitative estimate of drug-likeness (QED) is 0.600. The largest absolute Gasteiger partial charge is 0.379 e. The summed E-state index contributed by atoms with van der Waals surface area (Å²) in [6, 6.07) is 9.27. The number of hydrogen-bond donors (Lipinski definition) is 1. The highest BCUT2D eigenvalue weighted by Crippen LogP contribution is 2.66. The predicted molar refractivity (Wildman–Crippen MR) is 141 cm³/mol. The summed E-state index contributed by atoms with van der Waals surface area (Å²) in [5.41, 5.74) is 5.88. The molecule has 0 aromatic heterocycles. The van der Waals surface area contributed by atoms with Crippen molar-refractivity contribution in [2.75, 3.05) is 26.3 Å². The van der Waals surface area contributed by atoms with Crippen LogP contribution in [0.5, 0.6) is 0 Å². The first-order chi connectivity index (χ1) is 17.4. The molecule has 1 aromatic rings. The normalized spacial score (nSPS) is 36.4. The molecule has 5 atom stereocenters. The minimum Gasteiger partial charge on any atom is -0.379 e. The number of hydrogen-bond acceptors (Lipinski definition) is 4. The Morgan fingerprint density at radius 3 is 2.64 bits per heavy atom. The molecule has 190 valence electrons. The lowest BCUT2D eigenvalue weighted by Crippen LogP contribution is -2.51. The average molecular weight is 486 g/mol. The molecule has 4 heteroatoms. The Kier molecular flexibility index (Phi) is 6.23. The number of carbonyl (C=O) groups is 1. The van der Waals surface area contributed by atoms with Crippen LogP contribution in [0, 0.1) is 29.1 Å². The molecule has 1 saturated heterocycles. The van der Waals surface area contributed by atoms with E-state index in [2.05, 4.69) is 47.9 Å². The Bertz CT molecular complexity index is 1160. The molecular weight excluding hydrogens is 446 g/mol. The average Bonchev–Trinajstić information content (AvgIpc) is 3.14. The van der Waals surface area contributed by atoms with Gasteiger partial charge in [0.15, 0.2) is 5.78 Å². The van der Waals surface area contributed by atoms with Gasteiger partial charge in [-0.25, -0.2) is 0 Å². The van der Waals surface area contributed by atoms with Gasteiger partial charge in [0.1, 0.15) is 5.60 Å². The van der Waals surface area contributed by atoms with Gasteiger partial charge in [-0.3, -0.25) is 9.69 Å². The summed E-state index contributed by atoms with van der Waals surface area (Å²) in [6.07, 6.45) is 8.24. The fourth-order valence-corrected chi connectivity index (χ4v) is 8.25. The molecule has 1 N–H and O–H groups in total. The SMILES string of the molecule is CC#C[C@]1(O)CCC2[C@@H]3CCC4=CC(=O)CCC4=C3[C@@H](c3ccc(CN4CCOCC4)cc3)C[C@@]21C. The smallest absolute Gasteiger partial charge is 0.156 e. The molecule has 1 unspecified atom stereocenters. The third-order valence-corrected chi connectivity index (χ3v) is 10.1. The van der Waals surface area contributed by atoms with Crippen molar-refractivity contribution in [3.63, 3.8) is 0 Å². The zero-order valence-corrected chi connectivity index (χ0v) is 21.8. The van der Waals surface area contributed by atoms with Crippen molar-refractivity contribution in [3.05, 3.63) is 58.2 Å². The minimum atomic E-state index is -0.921. The highest BCUT2D eigenvalue weighted by Gasteiger charge is 2.62. The van der Waals surface area contributed by atoms with E-state index in [0.717, 1.165) is 71.4 Å². The highest BCUT2D eigenvalue weighted by molar-refractivity contribution is 5.93. The maximum absolute atomic E-state index is 12.3. The third kappa shape index (κ3) is 3.92. The zero-order chi connectivity index (χ0) is 24.9. The summed E-state index contributed by atoms with van der Waals surface area (Å²) in [6.45, 7) is 8.75. The van der Waals surface area contributed by atoms with Crippen molar-refractivity contribution >= 4 is 5.78 Å². The number of benzene rings is 1. The van der Waals surface area contributed by atoms with Gasteiger partial charge >= 0.3 is 0 Å². The van der Waals surface area contributed by atoms with Gasteiger partial charge in [0.25, 0.3) is 0 Å². The van der Waals surface area contributed by atoms with Crippen molar-refractivity contribution in [2.45, 2.75) is 76.9 Å². The molecule has 0 spiro atoms. The van der Waals surface area contributed by atoms with E-state index in [1.54, 1.807) is 5.57 Å². The van der Waals surface area contributed by atoms with Crippen LogP contribution in [0.25, 0.3) is 0 Å². The second kappa shape index (κ2) is 9.28. The van der Waals surface area contributed by atoms with Crippen LogP contribution < -0.4 is 0 Å². The Morgan fingerprint density at radius 1 is 1.11 bits per heavy atom. The molecular formula is C32H39NO3. The van der Waals surface area contributed by atoms with E-state index in [9.17, 15) is 9.90 Å². The van der Waals surface area contributed by atoms with Gasteiger partial charge in [-0.15, -0.1) is 5.92 Å². The zero-order valence-electron chi connectivity index (χ0n) is 21.8. The number of ether oxygens (including phenoxy) is 1. The van der Waals surface area contributed by atoms with Crippen molar-refractivity contribution in [1.82, 2.24) is 4.90 Å². The van der Waals surface area contributed by atoms with E-state index in [4.69, 9.17) is 4.74 Å². The fraction of sp³-hybridized carbons (Fsp3) is 0.594. The number of fused-ring (bicyclic) bond motifs is 4. The van der Waals surface area contributed by atoms with E-state index in [0.29, 0.717) is 18.3 Å². The first-order valence-electron chi connectivity index (χ1n) is 13.9. The monoisotopic (exact) mass is 485 g/mol. The van der Waals surface area contributed by atoms with Gasteiger partial charge in [-0.1, -0.05) is 42.7 Å². The summed E-state index contributed by atoms with van der Waals surface area (Å²) in [7, 11) is 0. The van der Waals surface area contributed by atoms with Crippen LogP contribution in [-0.2, 0) is 16.1 Å². The first kappa shape index (κ1) is 24.2. The Labute approximate surface area is 215 Å². The van der Waals surface area contributed by atoms with Crippen LogP contribution in [0.2, 0.25) is 0 Å². The van der Waals surface area contributed by atoms with Gasteiger partial charge in [-0.05, 0) is 85.6 Å². The van der Waals surface area contributed by atoms with E-state index in [-0.39, 0.29) is 17.1 Å². The first-order valence-corrected chi connectivity index (χ1v) is 13.9. The van der Waals surface area contributed by atoms with Crippen molar-refractivity contribution in [3.8, 4) is 11.8 Å². The maximum atomic E-state index is 12.3. The van der Waals surface area contributed by atoms with Crippen LogP contribution in [-0.4, -0.2) is 47.7 Å². The van der Waals surface area contributed by atoms with Crippen molar-refractivity contribution in [1.29, 1.82) is 0 Å². The van der Waals surface area contributed by atoms with E-state index >= 15 is 0 Å². The summed E-state index contributed by atoms with van der Waals surface area (Å²) in [5, 5.41) is 11.8. The lowest BCUT2D eigenvalue weighted by Gasteiger charge is -2.53. The molecule has 36 heavy (non-hydrogen) atoms. The molecule has 1 heterocycles. The fourth-order valence-electron chi connectivity index (χ4n) is 8.25. The van der Waals surface area contributed by atoms with Crippen molar-refractivity contribution < 1.29 is 14.6 Å². The summed E-state index contributed by atoms with van der Waals surface area (Å²) in [5.74, 6) is 7.79. The van der Waals surface area contributed by atoms with Gasteiger partial charge in [0, 0.05) is 37.4 Å². The summed E-state index contributed by atoms with van der Waals surface area (Å²) >= 11 is 0. The maximum Gasteiger partial charge on any atom is 0.156 e. The Morgan fingerprint density at radius 2 is 1.89 bits per heavy atom. The summed E-state index contributed by atoms with van der Waals surface area (Å²) < 4.78 is 5.51. The lowest BCUT2D eigenvalue weighted by atomic mass is 9.51. The number of ketones is 1. The summed E-state index contributed by atoms with van der Waals surface area (Å²) in [4.78, 5) is 14.7.